The van der Waals surface area contributed by atoms with E-state index >= 15 is 0 Å². The Hall–Kier alpha value is -0.590. The molecular weight excluding hydrogens is 299 g/mol. The highest BCUT2D eigenvalue weighted by Gasteiger charge is 2.47. The van der Waals surface area contributed by atoms with Crippen molar-refractivity contribution >= 4 is 34.5 Å². The Morgan fingerprint density at radius 1 is 1.71 bits per heavy atom. The minimum absolute atomic E-state index is 0.247. The van der Waals surface area contributed by atoms with Crippen LogP contribution in [0.4, 0.5) is 0 Å². The third-order valence-corrected chi connectivity index (χ3v) is 3.59. The molecule has 0 N–H and O–H groups in total. The molecule has 0 aromatic rings. The first-order valence-corrected chi connectivity index (χ1v) is 5.37. The molecule has 0 aromatic carbocycles. The number of esters is 2. The van der Waals surface area contributed by atoms with Crippen molar-refractivity contribution < 1.29 is 19.1 Å². The van der Waals surface area contributed by atoms with Crippen molar-refractivity contribution in [1.29, 1.82) is 0 Å². The van der Waals surface area contributed by atoms with Crippen LogP contribution >= 0.6 is 22.6 Å². The lowest BCUT2D eigenvalue weighted by Crippen LogP contribution is -2.45. The van der Waals surface area contributed by atoms with Crippen LogP contribution in [0.3, 0.4) is 0 Å². The summed E-state index contributed by atoms with van der Waals surface area (Å²) in [6.07, 6.45) is 2.20. The van der Waals surface area contributed by atoms with Crippen molar-refractivity contribution in [3.8, 4) is 0 Å². The van der Waals surface area contributed by atoms with Gasteiger partial charge in [-0.1, -0.05) is 0 Å². The van der Waals surface area contributed by atoms with Crippen molar-refractivity contribution in [3.63, 3.8) is 0 Å². The number of hydrogen-bond acceptors (Lipinski definition) is 4. The zero-order valence-electron chi connectivity index (χ0n) is 7.53. The van der Waals surface area contributed by atoms with Gasteiger partial charge in [0.1, 0.15) is 12.0 Å². The normalized spacial score (nSPS) is 34.9. The Bertz CT molecular complexity index is 323. The van der Waals surface area contributed by atoms with E-state index in [9.17, 15) is 9.59 Å². The number of rotatable bonds is 1. The third-order valence-electron chi connectivity index (χ3n) is 2.56. The first kappa shape index (κ1) is 9.95. The van der Waals surface area contributed by atoms with Crippen molar-refractivity contribution in [1.82, 2.24) is 0 Å². The lowest BCUT2D eigenvalue weighted by Gasteiger charge is -2.37. The number of carbonyl (C=O) groups is 2. The highest BCUT2D eigenvalue weighted by atomic mass is 127. The Balaban J connectivity index is 2.29. The summed E-state index contributed by atoms with van der Waals surface area (Å²) >= 11 is 2.08. The van der Waals surface area contributed by atoms with Crippen LogP contribution in [0.25, 0.3) is 0 Å². The molecule has 76 valence electrons. The van der Waals surface area contributed by atoms with Gasteiger partial charge < -0.3 is 9.47 Å². The average Bonchev–Trinajstić information content (AvgIpc) is 2.15. The smallest absolute Gasteiger partial charge is 0.315 e. The van der Waals surface area contributed by atoms with E-state index in [0.717, 1.165) is 3.58 Å². The maximum absolute atomic E-state index is 11.4. The highest BCUT2D eigenvalue weighted by molar-refractivity contribution is 14.1. The molecule has 0 saturated carbocycles. The number of ether oxygens (including phenoxy) is 2. The van der Waals surface area contributed by atoms with Gasteiger partial charge in [0.2, 0.25) is 0 Å². The van der Waals surface area contributed by atoms with E-state index in [4.69, 9.17) is 4.74 Å². The first-order chi connectivity index (χ1) is 6.63. The summed E-state index contributed by atoms with van der Waals surface area (Å²) in [5.41, 5.74) is 0. The summed E-state index contributed by atoms with van der Waals surface area (Å²) in [6.45, 7) is 0. The van der Waals surface area contributed by atoms with Gasteiger partial charge in [-0.2, -0.15) is 0 Å². The maximum Gasteiger partial charge on any atom is 0.315 e. The Kier molecular flexibility index (Phi) is 2.50. The summed E-state index contributed by atoms with van der Waals surface area (Å²) < 4.78 is 10.6. The van der Waals surface area contributed by atoms with E-state index in [-0.39, 0.29) is 24.0 Å². The molecule has 1 fully saturated rings. The monoisotopic (exact) mass is 308 g/mol. The van der Waals surface area contributed by atoms with Crippen LogP contribution in [-0.4, -0.2) is 25.2 Å². The molecule has 3 aliphatic rings. The van der Waals surface area contributed by atoms with Crippen LogP contribution in [0.1, 0.15) is 6.42 Å². The van der Waals surface area contributed by atoms with E-state index in [1.165, 1.54) is 7.11 Å². The van der Waals surface area contributed by atoms with Crippen molar-refractivity contribution in [2.24, 2.45) is 11.8 Å². The van der Waals surface area contributed by atoms with Gasteiger partial charge in [0.05, 0.1) is 13.0 Å². The molecule has 0 radical (unpaired) electrons. The van der Waals surface area contributed by atoms with E-state index in [1.807, 2.05) is 6.08 Å². The number of halogens is 1. The van der Waals surface area contributed by atoms with E-state index < -0.39 is 5.92 Å². The fourth-order valence-corrected chi connectivity index (χ4v) is 2.98. The summed E-state index contributed by atoms with van der Waals surface area (Å²) in [5.74, 6) is -1.42. The lowest BCUT2D eigenvalue weighted by molar-refractivity contribution is -0.170. The number of methoxy groups -OCH3 is 1. The molecule has 0 aromatic heterocycles. The van der Waals surface area contributed by atoms with Crippen LogP contribution in [0.2, 0.25) is 0 Å². The fourth-order valence-electron chi connectivity index (χ4n) is 1.89. The Morgan fingerprint density at radius 2 is 2.43 bits per heavy atom. The largest absolute Gasteiger partial charge is 0.469 e. The summed E-state index contributed by atoms with van der Waals surface area (Å²) in [4.78, 5) is 22.8. The molecule has 14 heavy (non-hydrogen) atoms. The second-order valence-electron chi connectivity index (χ2n) is 3.37. The Morgan fingerprint density at radius 3 is 2.93 bits per heavy atom. The van der Waals surface area contributed by atoms with Crippen LogP contribution in [-0.2, 0) is 19.1 Å². The topological polar surface area (TPSA) is 52.6 Å². The molecular formula is C9H9IO4. The second-order valence-corrected chi connectivity index (χ2v) is 4.62. The predicted octanol–water partition coefficient (Wildman–Crippen LogP) is 1.04. The van der Waals surface area contributed by atoms with Gasteiger partial charge in [0.15, 0.2) is 0 Å². The first-order valence-electron chi connectivity index (χ1n) is 4.29. The molecule has 4 nitrogen and oxygen atoms in total. The fraction of sp³-hybridized carbons (Fsp3) is 0.556. The minimum Gasteiger partial charge on any atom is -0.469 e. The van der Waals surface area contributed by atoms with Crippen molar-refractivity contribution in [2.45, 2.75) is 12.5 Å². The molecule has 5 heteroatoms. The van der Waals surface area contributed by atoms with Gasteiger partial charge in [-0.25, -0.2) is 0 Å². The van der Waals surface area contributed by atoms with Crippen LogP contribution in [0.5, 0.6) is 0 Å². The molecule has 1 aliphatic carbocycles. The van der Waals surface area contributed by atoms with Crippen LogP contribution < -0.4 is 0 Å². The van der Waals surface area contributed by atoms with Crippen molar-refractivity contribution in [2.75, 3.05) is 7.11 Å². The summed E-state index contributed by atoms with van der Waals surface area (Å²) in [7, 11) is 1.34. The van der Waals surface area contributed by atoms with E-state index in [2.05, 4.69) is 27.3 Å². The van der Waals surface area contributed by atoms with E-state index in [1.54, 1.807) is 0 Å². The number of hydrogen-bond donors (Lipinski definition) is 0. The molecule has 2 bridgehead atoms. The second kappa shape index (κ2) is 3.52. The minimum atomic E-state index is -0.437. The number of fused-ring (bicyclic) bond motifs is 2. The SMILES string of the molecule is COC(=O)[C@H]1C[C@H]2C=C(I)[C@@H]1C(=O)O2. The number of carbonyl (C=O) groups excluding carboxylic acids is 2. The molecule has 2 heterocycles. The van der Waals surface area contributed by atoms with Gasteiger partial charge >= 0.3 is 11.9 Å². The molecule has 2 aliphatic heterocycles. The molecule has 1 saturated heterocycles. The third kappa shape index (κ3) is 1.43. The standard InChI is InChI=1S/C9H9IO4/c1-13-8(11)5-2-4-3-6(10)7(5)9(12)14-4/h3-5,7H,2H2,1H3/t4-,5-,7+/m0/s1. The summed E-state index contributed by atoms with van der Waals surface area (Å²) in [5, 5.41) is 0. The zero-order chi connectivity index (χ0) is 10.3. The van der Waals surface area contributed by atoms with Crippen LogP contribution in [0, 0.1) is 11.8 Å². The van der Waals surface area contributed by atoms with Gasteiger partial charge in [-0.3, -0.25) is 9.59 Å². The van der Waals surface area contributed by atoms with E-state index in [0.29, 0.717) is 6.42 Å². The van der Waals surface area contributed by atoms with Crippen LogP contribution in [0.15, 0.2) is 9.66 Å². The van der Waals surface area contributed by atoms with Gasteiger partial charge in [-0.05, 0) is 28.7 Å². The molecule has 0 unspecified atom stereocenters. The predicted molar refractivity (Wildman–Crippen MR) is 55.6 cm³/mol. The highest BCUT2D eigenvalue weighted by Crippen LogP contribution is 2.41. The molecule has 0 amide bonds. The quantitative estimate of drug-likeness (QED) is 0.536. The van der Waals surface area contributed by atoms with Gasteiger partial charge in [0.25, 0.3) is 0 Å². The average molecular weight is 308 g/mol. The lowest BCUT2D eigenvalue weighted by atomic mass is 9.80. The zero-order valence-corrected chi connectivity index (χ0v) is 9.68. The maximum atomic E-state index is 11.4. The van der Waals surface area contributed by atoms with Gasteiger partial charge in [0, 0.05) is 10.0 Å². The Labute approximate surface area is 94.8 Å². The molecule has 0 spiro atoms. The summed E-state index contributed by atoms with van der Waals surface area (Å²) in [6, 6.07) is 0. The van der Waals surface area contributed by atoms with Gasteiger partial charge in [-0.15, -0.1) is 0 Å². The molecule has 3 atom stereocenters. The van der Waals surface area contributed by atoms with Crippen molar-refractivity contribution in [3.05, 3.63) is 9.66 Å². The molecule has 3 rings (SSSR count).